The molecule has 0 saturated heterocycles. The Morgan fingerprint density at radius 1 is 0.878 bits per heavy atom. The van der Waals surface area contributed by atoms with Crippen molar-refractivity contribution in [2.45, 2.75) is 99.3 Å². The second-order valence-electron chi connectivity index (χ2n) is 16.2. The largest absolute Gasteiger partial charge is 0.488 e. The summed E-state index contributed by atoms with van der Waals surface area (Å²) in [4.78, 5) is 12.9. The number of aliphatic carboxylic acids is 1. The minimum Gasteiger partial charge on any atom is -0.481 e. The summed E-state index contributed by atoms with van der Waals surface area (Å²) in [6.07, 6.45) is 12.0. The van der Waals surface area contributed by atoms with Gasteiger partial charge in [0.25, 0.3) is 0 Å². The second kappa shape index (κ2) is 9.33. The lowest BCUT2D eigenvalue weighted by atomic mass is 9.32. The quantitative estimate of drug-likeness (QED) is 0.272. The molecule has 4 saturated carbocycles. The summed E-state index contributed by atoms with van der Waals surface area (Å²) in [7, 11) is -1.44. The predicted octanol–water partition coefficient (Wildman–Crippen LogP) is 7.10. The van der Waals surface area contributed by atoms with Gasteiger partial charge in [0.05, 0.1) is 5.41 Å². The van der Waals surface area contributed by atoms with E-state index < -0.39 is 18.5 Å². The van der Waals surface area contributed by atoms with Gasteiger partial charge < -0.3 is 15.2 Å². The minimum absolute atomic E-state index is 0.00690. The second-order valence-corrected chi connectivity index (χ2v) is 16.2. The molecule has 0 unspecified atom stereocenters. The molecule has 0 amide bonds. The average molecular weight is 559 g/mol. The SMILES string of the molecule is C=C(C)[C@@H]1CC[C@]2(C(=O)O)CC[C@]3(C)[C@H](CC[C@@H]4[C@@]5(C)CC=C(c6ccc(B(O)O)cc6)C(C)(C)[C@@H]5CC[C@]43C)[C@@H]12. The third-order valence-electron chi connectivity index (χ3n) is 14.6. The van der Waals surface area contributed by atoms with Crippen molar-refractivity contribution < 1.29 is 19.9 Å². The Hall–Kier alpha value is -1.85. The van der Waals surface area contributed by atoms with Crippen LogP contribution in [0.2, 0.25) is 0 Å². The summed E-state index contributed by atoms with van der Waals surface area (Å²) in [5.74, 6) is 1.62. The van der Waals surface area contributed by atoms with Gasteiger partial charge in [-0.1, -0.05) is 77.1 Å². The molecule has 3 N–H and O–H groups in total. The highest BCUT2D eigenvalue weighted by molar-refractivity contribution is 6.58. The first-order chi connectivity index (χ1) is 19.1. The molecule has 5 heteroatoms. The van der Waals surface area contributed by atoms with E-state index >= 15 is 0 Å². The third kappa shape index (κ3) is 3.76. The molecule has 9 atom stereocenters. The molecule has 6 rings (SSSR count). The van der Waals surface area contributed by atoms with E-state index in [0.29, 0.717) is 29.1 Å². The maximum Gasteiger partial charge on any atom is 0.488 e. The van der Waals surface area contributed by atoms with Crippen molar-refractivity contribution in [1.82, 2.24) is 0 Å². The number of rotatable bonds is 4. The smallest absolute Gasteiger partial charge is 0.481 e. The van der Waals surface area contributed by atoms with E-state index in [4.69, 9.17) is 0 Å². The number of hydrogen-bond acceptors (Lipinski definition) is 3. The van der Waals surface area contributed by atoms with Crippen LogP contribution in [0.4, 0.5) is 0 Å². The molecule has 0 radical (unpaired) electrons. The van der Waals surface area contributed by atoms with Gasteiger partial charge >= 0.3 is 13.1 Å². The Kier molecular flexibility index (Phi) is 6.65. The molecule has 4 nitrogen and oxygen atoms in total. The van der Waals surface area contributed by atoms with E-state index in [1.165, 1.54) is 36.0 Å². The Morgan fingerprint density at radius 2 is 1.56 bits per heavy atom. The van der Waals surface area contributed by atoms with Crippen LogP contribution in [-0.4, -0.2) is 28.2 Å². The van der Waals surface area contributed by atoms with Crippen molar-refractivity contribution in [2.75, 3.05) is 0 Å². The van der Waals surface area contributed by atoms with Crippen molar-refractivity contribution >= 4 is 24.1 Å². The van der Waals surface area contributed by atoms with Crippen LogP contribution in [-0.2, 0) is 4.79 Å². The first-order valence-corrected chi connectivity index (χ1v) is 16.2. The molecule has 0 aromatic heterocycles. The van der Waals surface area contributed by atoms with Crippen molar-refractivity contribution in [2.24, 2.45) is 56.7 Å². The van der Waals surface area contributed by atoms with E-state index in [1.807, 2.05) is 12.1 Å². The van der Waals surface area contributed by atoms with E-state index in [2.05, 4.69) is 66.3 Å². The number of carboxylic acids is 1. The molecule has 222 valence electrons. The molecule has 0 bridgehead atoms. The van der Waals surface area contributed by atoms with Gasteiger partial charge in [-0.05, 0) is 133 Å². The number of carboxylic acid groups (broad SMARTS) is 1. The number of allylic oxidation sites excluding steroid dienone is 3. The monoisotopic (exact) mass is 558 g/mol. The molecule has 5 aliphatic carbocycles. The molecule has 1 aromatic rings. The van der Waals surface area contributed by atoms with Crippen molar-refractivity contribution in [3.63, 3.8) is 0 Å². The topological polar surface area (TPSA) is 77.8 Å². The Bertz CT molecular complexity index is 1280. The van der Waals surface area contributed by atoms with Crippen molar-refractivity contribution in [1.29, 1.82) is 0 Å². The van der Waals surface area contributed by atoms with Gasteiger partial charge in [-0.2, -0.15) is 0 Å². The van der Waals surface area contributed by atoms with Gasteiger partial charge in [-0.15, -0.1) is 0 Å². The summed E-state index contributed by atoms with van der Waals surface area (Å²) in [6, 6.07) is 7.79. The number of fused-ring (bicyclic) bond motifs is 7. The Morgan fingerprint density at radius 3 is 2.17 bits per heavy atom. The summed E-state index contributed by atoms with van der Waals surface area (Å²) < 4.78 is 0. The maximum atomic E-state index is 12.9. The van der Waals surface area contributed by atoms with E-state index in [0.717, 1.165) is 38.5 Å². The standard InChI is InChI=1S/C36H51BO4/c1-22(2)25-14-19-36(31(38)39)21-20-34(6)27(30(25)36)12-13-29-33(5)17-15-26(23-8-10-24(11-9-23)37(40)41)32(3,4)28(33)16-18-35(29,34)7/h8-11,15,25,27-30,40-41H,1,12-14,16-21H2,2-7H3,(H,38,39)/t25-,27+,28-,29+,30+,33-,34+,35+,36-/m0/s1. The number of benzene rings is 1. The van der Waals surface area contributed by atoms with Crippen LogP contribution in [0, 0.1) is 56.7 Å². The molecular formula is C36H51BO4. The molecular weight excluding hydrogens is 507 g/mol. The van der Waals surface area contributed by atoms with E-state index in [1.54, 1.807) is 0 Å². The number of carbonyl (C=O) groups is 1. The van der Waals surface area contributed by atoms with E-state index in [9.17, 15) is 19.9 Å². The lowest BCUT2D eigenvalue weighted by Crippen LogP contribution is -2.65. The van der Waals surface area contributed by atoms with Gasteiger partial charge in [-0.25, -0.2) is 0 Å². The fourth-order valence-corrected chi connectivity index (χ4v) is 12.4. The molecule has 0 aliphatic heterocycles. The zero-order valence-electron chi connectivity index (χ0n) is 26.2. The summed E-state index contributed by atoms with van der Waals surface area (Å²) >= 11 is 0. The predicted molar refractivity (Wildman–Crippen MR) is 166 cm³/mol. The van der Waals surface area contributed by atoms with Crippen LogP contribution in [0.3, 0.4) is 0 Å². The molecule has 1 aromatic carbocycles. The Balaban J connectivity index is 1.37. The first-order valence-electron chi connectivity index (χ1n) is 16.2. The van der Waals surface area contributed by atoms with Gasteiger partial charge in [0.2, 0.25) is 0 Å². The summed E-state index contributed by atoms with van der Waals surface area (Å²) in [6.45, 7) is 19.1. The third-order valence-corrected chi connectivity index (χ3v) is 14.6. The molecule has 0 spiro atoms. The highest BCUT2D eigenvalue weighted by Crippen LogP contribution is 2.77. The van der Waals surface area contributed by atoms with Crippen LogP contribution in [0.5, 0.6) is 0 Å². The van der Waals surface area contributed by atoms with Crippen LogP contribution in [0.25, 0.3) is 5.57 Å². The zero-order chi connectivity index (χ0) is 29.8. The van der Waals surface area contributed by atoms with Crippen LogP contribution in [0.15, 0.2) is 42.5 Å². The van der Waals surface area contributed by atoms with Gasteiger partial charge in [0, 0.05) is 0 Å². The molecule has 5 aliphatic rings. The minimum atomic E-state index is -1.44. The normalized spacial score (nSPS) is 44.5. The zero-order valence-corrected chi connectivity index (χ0v) is 26.2. The van der Waals surface area contributed by atoms with Gasteiger partial charge in [-0.3, -0.25) is 4.79 Å². The van der Waals surface area contributed by atoms with Crippen molar-refractivity contribution in [3.8, 4) is 0 Å². The van der Waals surface area contributed by atoms with Crippen molar-refractivity contribution in [3.05, 3.63) is 48.1 Å². The van der Waals surface area contributed by atoms with Gasteiger partial charge in [0.1, 0.15) is 0 Å². The lowest BCUT2D eigenvalue weighted by molar-refractivity contribution is -0.227. The molecule has 4 fully saturated rings. The molecule has 0 heterocycles. The van der Waals surface area contributed by atoms with Crippen LogP contribution in [0.1, 0.15) is 105 Å². The molecule has 41 heavy (non-hydrogen) atoms. The number of hydrogen-bond donors (Lipinski definition) is 3. The summed E-state index contributed by atoms with van der Waals surface area (Å²) in [5.41, 5.74) is 4.27. The fourth-order valence-electron chi connectivity index (χ4n) is 12.4. The highest BCUT2D eigenvalue weighted by atomic mass is 16.4. The van der Waals surface area contributed by atoms with Gasteiger partial charge in [0.15, 0.2) is 0 Å². The first kappa shape index (κ1) is 29.2. The lowest BCUT2D eigenvalue weighted by Gasteiger charge is -2.72. The van der Waals surface area contributed by atoms with Crippen LogP contribution < -0.4 is 5.46 Å². The summed E-state index contributed by atoms with van der Waals surface area (Å²) in [5, 5.41) is 29.8. The van der Waals surface area contributed by atoms with Crippen LogP contribution >= 0.6 is 0 Å². The average Bonchev–Trinajstić information content (AvgIpc) is 3.30. The fraction of sp³-hybridized carbons (Fsp3) is 0.694. The maximum absolute atomic E-state index is 12.9. The Labute approximate surface area is 247 Å². The highest BCUT2D eigenvalue weighted by Gasteiger charge is 2.71. The van der Waals surface area contributed by atoms with E-state index in [-0.39, 0.29) is 27.6 Å².